The van der Waals surface area contributed by atoms with Crippen molar-refractivity contribution in [2.75, 3.05) is 6.54 Å². The summed E-state index contributed by atoms with van der Waals surface area (Å²) < 4.78 is 0. The highest BCUT2D eigenvalue weighted by Gasteiger charge is 2.16. The van der Waals surface area contributed by atoms with E-state index in [9.17, 15) is 4.79 Å². The van der Waals surface area contributed by atoms with E-state index in [0.717, 1.165) is 17.0 Å². The zero-order chi connectivity index (χ0) is 13.7. The van der Waals surface area contributed by atoms with Crippen LogP contribution in [-0.2, 0) is 4.79 Å². The highest BCUT2D eigenvalue weighted by molar-refractivity contribution is 8.00. The minimum absolute atomic E-state index is 0.0284. The predicted octanol–water partition coefficient (Wildman–Crippen LogP) is 2.18. The molecule has 0 aliphatic carbocycles. The van der Waals surface area contributed by atoms with Gasteiger partial charge in [-0.05, 0) is 33.3 Å². The first-order valence-electron chi connectivity index (χ1n) is 5.82. The fourth-order valence-electron chi connectivity index (χ4n) is 1.32. The number of carbonyl (C=O) groups excluding carboxylic acids is 1. The first-order valence-corrected chi connectivity index (χ1v) is 6.70. The Bertz CT molecular complexity index is 437. The number of nitrogens with one attached hydrogen (secondary N) is 1. The third-order valence-corrected chi connectivity index (χ3v) is 3.65. The van der Waals surface area contributed by atoms with Gasteiger partial charge in [-0.25, -0.2) is 9.97 Å². The summed E-state index contributed by atoms with van der Waals surface area (Å²) in [5.41, 5.74) is 3.02. The van der Waals surface area contributed by atoms with E-state index in [4.69, 9.17) is 0 Å². The van der Waals surface area contributed by atoms with Gasteiger partial charge in [0.05, 0.1) is 5.25 Å². The molecule has 0 spiro atoms. The molecule has 5 heteroatoms. The Morgan fingerprint density at radius 3 is 2.44 bits per heavy atom. The fraction of sp³-hybridized carbons (Fsp3) is 0.462. The summed E-state index contributed by atoms with van der Waals surface area (Å²) in [7, 11) is 0. The lowest BCUT2D eigenvalue weighted by Crippen LogP contribution is -2.31. The molecule has 0 bridgehead atoms. The van der Waals surface area contributed by atoms with Gasteiger partial charge < -0.3 is 5.32 Å². The van der Waals surface area contributed by atoms with Gasteiger partial charge in [-0.3, -0.25) is 4.79 Å². The summed E-state index contributed by atoms with van der Waals surface area (Å²) in [6.07, 6.45) is 1.66. The SMILES string of the molecule is C=CCNC(=O)[C@@H](C)Sc1nc(C)c(C)c(C)n1. The van der Waals surface area contributed by atoms with Crippen molar-refractivity contribution in [1.82, 2.24) is 15.3 Å². The largest absolute Gasteiger partial charge is 0.352 e. The van der Waals surface area contributed by atoms with Crippen LogP contribution in [0.2, 0.25) is 0 Å². The van der Waals surface area contributed by atoms with Crippen molar-refractivity contribution >= 4 is 17.7 Å². The zero-order valence-corrected chi connectivity index (χ0v) is 12.1. The Balaban J connectivity index is 2.72. The molecule has 1 aromatic rings. The number of carbonyl (C=O) groups is 1. The van der Waals surface area contributed by atoms with Crippen LogP contribution < -0.4 is 5.32 Å². The maximum Gasteiger partial charge on any atom is 0.233 e. The minimum Gasteiger partial charge on any atom is -0.352 e. The van der Waals surface area contributed by atoms with Gasteiger partial charge in [0, 0.05) is 17.9 Å². The smallest absolute Gasteiger partial charge is 0.233 e. The summed E-state index contributed by atoms with van der Waals surface area (Å²) in [5.74, 6) is -0.0284. The van der Waals surface area contributed by atoms with Crippen molar-refractivity contribution in [2.45, 2.75) is 38.1 Å². The molecule has 0 saturated heterocycles. The molecule has 4 nitrogen and oxygen atoms in total. The molecule has 0 saturated carbocycles. The Labute approximate surface area is 112 Å². The molecule has 0 aliphatic rings. The number of thioether (sulfide) groups is 1. The molecule has 1 rings (SSSR count). The second-order valence-corrected chi connectivity index (χ2v) is 5.40. The first-order chi connectivity index (χ1) is 8.45. The lowest BCUT2D eigenvalue weighted by molar-refractivity contribution is -0.120. The molecular weight excluding hydrogens is 246 g/mol. The molecule has 1 atom stereocenters. The second-order valence-electron chi connectivity index (χ2n) is 4.10. The molecular formula is C13H19N3OS. The molecule has 1 heterocycles. The van der Waals surface area contributed by atoms with E-state index in [0.29, 0.717) is 11.7 Å². The highest BCUT2D eigenvalue weighted by Crippen LogP contribution is 2.21. The van der Waals surface area contributed by atoms with Gasteiger partial charge in [-0.1, -0.05) is 17.8 Å². The average molecular weight is 265 g/mol. The zero-order valence-electron chi connectivity index (χ0n) is 11.3. The van der Waals surface area contributed by atoms with Crippen LogP contribution >= 0.6 is 11.8 Å². The number of hydrogen-bond acceptors (Lipinski definition) is 4. The van der Waals surface area contributed by atoms with Gasteiger partial charge in [0.15, 0.2) is 5.16 Å². The van der Waals surface area contributed by atoms with Crippen molar-refractivity contribution in [2.24, 2.45) is 0 Å². The van der Waals surface area contributed by atoms with Crippen LogP contribution in [0, 0.1) is 20.8 Å². The molecule has 0 fully saturated rings. The minimum atomic E-state index is -0.216. The number of nitrogens with zero attached hydrogens (tertiary/aromatic N) is 2. The monoisotopic (exact) mass is 265 g/mol. The Morgan fingerprint density at radius 1 is 1.39 bits per heavy atom. The normalized spacial score (nSPS) is 12.0. The quantitative estimate of drug-likeness (QED) is 0.504. The summed E-state index contributed by atoms with van der Waals surface area (Å²) in [6, 6.07) is 0. The molecule has 18 heavy (non-hydrogen) atoms. The van der Waals surface area contributed by atoms with Crippen molar-refractivity contribution < 1.29 is 4.79 Å². The topological polar surface area (TPSA) is 54.9 Å². The van der Waals surface area contributed by atoms with Gasteiger partial charge in [0.25, 0.3) is 0 Å². The maximum atomic E-state index is 11.7. The molecule has 0 radical (unpaired) electrons. The van der Waals surface area contributed by atoms with E-state index in [1.165, 1.54) is 11.8 Å². The van der Waals surface area contributed by atoms with Crippen LogP contribution in [0.3, 0.4) is 0 Å². The van der Waals surface area contributed by atoms with E-state index in [2.05, 4.69) is 21.9 Å². The van der Waals surface area contributed by atoms with Gasteiger partial charge in [0.1, 0.15) is 0 Å². The summed E-state index contributed by atoms with van der Waals surface area (Å²) in [6.45, 7) is 11.8. The van der Waals surface area contributed by atoms with E-state index in [1.807, 2.05) is 27.7 Å². The van der Waals surface area contributed by atoms with Gasteiger partial charge >= 0.3 is 0 Å². The van der Waals surface area contributed by atoms with Crippen LogP contribution in [0.1, 0.15) is 23.9 Å². The molecule has 0 aromatic carbocycles. The van der Waals surface area contributed by atoms with Crippen LogP contribution in [-0.4, -0.2) is 27.7 Å². The molecule has 1 amide bonds. The predicted molar refractivity (Wildman–Crippen MR) is 74.8 cm³/mol. The van der Waals surface area contributed by atoms with Crippen molar-refractivity contribution in [3.63, 3.8) is 0 Å². The lowest BCUT2D eigenvalue weighted by atomic mass is 10.2. The summed E-state index contributed by atoms with van der Waals surface area (Å²) in [4.78, 5) is 20.5. The number of amides is 1. The molecule has 0 aliphatic heterocycles. The van der Waals surface area contributed by atoms with Crippen molar-refractivity contribution in [3.05, 3.63) is 29.6 Å². The molecule has 1 N–H and O–H groups in total. The van der Waals surface area contributed by atoms with Crippen LogP contribution in [0.25, 0.3) is 0 Å². The first kappa shape index (κ1) is 14.7. The van der Waals surface area contributed by atoms with Crippen molar-refractivity contribution in [3.8, 4) is 0 Å². The third kappa shape index (κ3) is 3.84. The Hall–Kier alpha value is -1.36. The van der Waals surface area contributed by atoms with Gasteiger partial charge in [-0.15, -0.1) is 6.58 Å². The number of rotatable bonds is 5. The van der Waals surface area contributed by atoms with Crippen LogP contribution in [0.5, 0.6) is 0 Å². The molecule has 1 aromatic heterocycles. The number of aryl methyl sites for hydroxylation is 2. The van der Waals surface area contributed by atoms with E-state index >= 15 is 0 Å². The standard InChI is InChI=1S/C13H19N3OS/c1-6-7-14-12(17)11(5)18-13-15-9(3)8(2)10(4)16-13/h6,11H,1,7H2,2-5H3,(H,14,17)/t11-/m1/s1. The third-order valence-electron chi connectivity index (χ3n) is 2.68. The molecule has 98 valence electrons. The number of hydrogen-bond donors (Lipinski definition) is 1. The molecule has 0 unspecified atom stereocenters. The lowest BCUT2D eigenvalue weighted by Gasteiger charge is -2.11. The maximum absolute atomic E-state index is 11.7. The highest BCUT2D eigenvalue weighted by atomic mass is 32.2. The van der Waals surface area contributed by atoms with Crippen molar-refractivity contribution in [1.29, 1.82) is 0 Å². The second kappa shape index (κ2) is 6.54. The Kier molecular flexibility index (Phi) is 5.34. The van der Waals surface area contributed by atoms with E-state index in [1.54, 1.807) is 6.08 Å². The van der Waals surface area contributed by atoms with Crippen LogP contribution in [0.4, 0.5) is 0 Å². The van der Waals surface area contributed by atoms with Crippen LogP contribution in [0.15, 0.2) is 17.8 Å². The van der Waals surface area contributed by atoms with E-state index in [-0.39, 0.29) is 11.2 Å². The Morgan fingerprint density at radius 2 is 1.94 bits per heavy atom. The summed E-state index contributed by atoms with van der Waals surface area (Å²) in [5, 5.41) is 3.19. The summed E-state index contributed by atoms with van der Waals surface area (Å²) >= 11 is 1.37. The number of aromatic nitrogens is 2. The van der Waals surface area contributed by atoms with E-state index < -0.39 is 0 Å². The fourth-order valence-corrected chi connectivity index (χ4v) is 2.21. The van der Waals surface area contributed by atoms with Gasteiger partial charge in [0.2, 0.25) is 5.91 Å². The van der Waals surface area contributed by atoms with Gasteiger partial charge in [-0.2, -0.15) is 0 Å². The average Bonchev–Trinajstić information content (AvgIpc) is 2.32.